The van der Waals surface area contributed by atoms with Crippen LogP contribution in [0, 0.1) is 0 Å². The van der Waals surface area contributed by atoms with Gasteiger partial charge in [-0.05, 0) is 12.1 Å². The molecule has 0 amide bonds. The van der Waals surface area contributed by atoms with Crippen LogP contribution in [0.3, 0.4) is 0 Å². The minimum absolute atomic E-state index is 0.0341. The second-order valence-electron chi connectivity index (χ2n) is 2.64. The number of rotatable bonds is 0. The Balaban J connectivity index is 2.64. The lowest BCUT2D eigenvalue weighted by Gasteiger charge is -2.01. The summed E-state index contributed by atoms with van der Waals surface area (Å²) in [6, 6.07) is 2.83. The molecule has 0 aromatic heterocycles. The monoisotopic (exact) mass is 244 g/mol. The van der Waals surface area contributed by atoms with Gasteiger partial charge < -0.3 is 14.9 Å². The van der Waals surface area contributed by atoms with Crippen LogP contribution in [0.15, 0.2) is 12.1 Å². The highest BCUT2D eigenvalue weighted by atomic mass is 79.9. The van der Waals surface area contributed by atoms with Gasteiger partial charge in [-0.25, -0.2) is 0 Å². The van der Waals surface area contributed by atoms with Crippen LogP contribution in [0.25, 0.3) is 0 Å². The first-order chi connectivity index (χ1) is 6.11. The Morgan fingerprint density at radius 2 is 2.08 bits per heavy atom. The third-order valence-electron chi connectivity index (χ3n) is 1.82. The second kappa shape index (κ2) is 2.63. The summed E-state index contributed by atoms with van der Waals surface area (Å²) in [6.07, 6.45) is 0. The minimum atomic E-state index is -0.561. The number of phenolic OH excluding ortho intramolecular Hbond substituents is 2. The van der Waals surface area contributed by atoms with Gasteiger partial charge in [-0.1, -0.05) is 15.9 Å². The van der Waals surface area contributed by atoms with Crippen LogP contribution >= 0.6 is 15.9 Å². The Kier molecular flexibility index (Phi) is 1.69. The lowest BCUT2D eigenvalue weighted by atomic mass is 10.1. The summed E-state index contributed by atoms with van der Waals surface area (Å²) < 4.78 is 4.73. The van der Waals surface area contributed by atoms with Crippen LogP contribution in [-0.2, 0) is 4.79 Å². The molecule has 2 rings (SSSR count). The first-order valence-electron chi connectivity index (χ1n) is 3.52. The number of ether oxygens (including phenoxy) is 1. The van der Waals surface area contributed by atoms with Gasteiger partial charge in [0.1, 0.15) is 4.83 Å². The Hall–Kier alpha value is -1.23. The van der Waals surface area contributed by atoms with Crippen LogP contribution in [-0.4, -0.2) is 16.2 Å². The van der Waals surface area contributed by atoms with E-state index in [2.05, 4.69) is 15.9 Å². The van der Waals surface area contributed by atoms with E-state index in [1.54, 1.807) is 0 Å². The molecule has 2 N–H and O–H groups in total. The van der Waals surface area contributed by atoms with Crippen LogP contribution in [0.1, 0.15) is 10.4 Å². The van der Waals surface area contributed by atoms with Crippen molar-refractivity contribution in [3.8, 4) is 17.2 Å². The average molecular weight is 245 g/mol. The van der Waals surface area contributed by atoms with Crippen molar-refractivity contribution in [3.05, 3.63) is 17.7 Å². The summed E-state index contributed by atoms with van der Waals surface area (Å²) in [7, 11) is 0. The third-order valence-corrected chi connectivity index (χ3v) is 2.69. The van der Waals surface area contributed by atoms with Crippen LogP contribution in [0.4, 0.5) is 0 Å². The van der Waals surface area contributed by atoms with E-state index >= 15 is 0 Å². The molecule has 0 fully saturated rings. The van der Waals surface area contributed by atoms with Gasteiger partial charge in [0.25, 0.3) is 0 Å². The van der Waals surface area contributed by atoms with E-state index in [9.17, 15) is 9.90 Å². The molecule has 0 bridgehead atoms. The van der Waals surface area contributed by atoms with Gasteiger partial charge in [-0.3, -0.25) is 4.79 Å². The number of benzene rings is 1. The number of hydrogen-bond donors (Lipinski definition) is 2. The first kappa shape index (κ1) is 8.37. The molecule has 0 saturated carbocycles. The van der Waals surface area contributed by atoms with Gasteiger partial charge >= 0.3 is 5.97 Å². The maximum absolute atomic E-state index is 11.0. The summed E-state index contributed by atoms with van der Waals surface area (Å²) in [6.45, 7) is 0. The number of fused-ring (bicyclic) bond motifs is 1. The predicted molar refractivity (Wildman–Crippen MR) is 47.1 cm³/mol. The molecule has 0 spiro atoms. The van der Waals surface area contributed by atoms with Crippen LogP contribution < -0.4 is 4.74 Å². The Morgan fingerprint density at radius 1 is 1.38 bits per heavy atom. The summed E-state index contributed by atoms with van der Waals surface area (Å²) in [5, 5.41) is 18.4. The topological polar surface area (TPSA) is 66.8 Å². The maximum Gasteiger partial charge on any atom is 0.329 e. The zero-order valence-corrected chi connectivity index (χ0v) is 7.91. The van der Waals surface area contributed by atoms with E-state index in [0.717, 1.165) is 0 Å². The highest BCUT2D eigenvalue weighted by Gasteiger charge is 2.34. The lowest BCUT2D eigenvalue weighted by Crippen LogP contribution is -2.03. The number of carbonyl (C=O) groups is 1. The molecule has 1 aliphatic heterocycles. The van der Waals surface area contributed by atoms with E-state index in [4.69, 9.17) is 9.84 Å². The summed E-state index contributed by atoms with van der Waals surface area (Å²) in [4.78, 5) is 10.5. The molecule has 1 heterocycles. The molecule has 5 heteroatoms. The first-order valence-corrected chi connectivity index (χ1v) is 4.43. The molecule has 1 atom stereocenters. The molecule has 4 nitrogen and oxygen atoms in total. The zero-order valence-electron chi connectivity index (χ0n) is 6.32. The Morgan fingerprint density at radius 3 is 2.77 bits per heavy atom. The smallest absolute Gasteiger partial charge is 0.329 e. The molecule has 68 valence electrons. The molecule has 1 aromatic carbocycles. The molecular weight excluding hydrogens is 240 g/mol. The van der Waals surface area contributed by atoms with Crippen molar-refractivity contribution >= 4 is 21.9 Å². The molecule has 0 radical (unpaired) electrons. The normalized spacial score (nSPS) is 19.8. The lowest BCUT2D eigenvalue weighted by molar-refractivity contribution is -0.132. The zero-order chi connectivity index (χ0) is 9.59. The predicted octanol–water partition coefficient (Wildman–Crippen LogP) is 1.45. The molecule has 0 aliphatic carbocycles. The van der Waals surface area contributed by atoms with Crippen molar-refractivity contribution in [1.82, 2.24) is 0 Å². The molecule has 1 aliphatic rings. The molecule has 1 unspecified atom stereocenters. The number of esters is 1. The number of alkyl halides is 1. The average Bonchev–Trinajstić information content (AvgIpc) is 2.38. The van der Waals surface area contributed by atoms with E-state index in [-0.39, 0.29) is 11.5 Å². The maximum atomic E-state index is 11.0. The van der Waals surface area contributed by atoms with E-state index in [1.807, 2.05) is 0 Å². The van der Waals surface area contributed by atoms with Crippen LogP contribution in [0.5, 0.6) is 17.2 Å². The standard InChI is InChI=1S/C8H5BrO4/c9-5-3-1-2-4(10)6(11)7(3)13-8(5)12/h1-2,5,10-11H. The van der Waals surface area contributed by atoms with Gasteiger partial charge in [0.2, 0.25) is 5.75 Å². The fourth-order valence-electron chi connectivity index (χ4n) is 1.16. The van der Waals surface area contributed by atoms with Crippen molar-refractivity contribution < 1.29 is 19.7 Å². The van der Waals surface area contributed by atoms with Gasteiger partial charge in [-0.15, -0.1) is 0 Å². The van der Waals surface area contributed by atoms with E-state index in [1.165, 1.54) is 12.1 Å². The van der Waals surface area contributed by atoms with Crippen LogP contribution in [0.2, 0.25) is 0 Å². The van der Waals surface area contributed by atoms with Gasteiger partial charge in [-0.2, -0.15) is 0 Å². The SMILES string of the molecule is O=C1Oc2c(ccc(O)c2O)C1Br. The van der Waals surface area contributed by atoms with Crippen molar-refractivity contribution in [2.45, 2.75) is 4.83 Å². The molecular formula is C8H5BrO4. The largest absolute Gasteiger partial charge is 0.504 e. The van der Waals surface area contributed by atoms with Gasteiger partial charge in [0.15, 0.2) is 11.5 Å². The van der Waals surface area contributed by atoms with Gasteiger partial charge in [0.05, 0.1) is 0 Å². The number of aromatic hydroxyl groups is 2. The summed E-state index contributed by atoms with van der Waals surface area (Å²) >= 11 is 3.09. The summed E-state index contributed by atoms with van der Waals surface area (Å²) in [5.74, 6) is -1.15. The number of halogens is 1. The van der Waals surface area contributed by atoms with E-state index < -0.39 is 16.5 Å². The summed E-state index contributed by atoms with van der Waals surface area (Å²) in [5.41, 5.74) is 0.528. The quantitative estimate of drug-likeness (QED) is 0.314. The Labute approximate surface area is 81.9 Å². The fourth-order valence-corrected chi connectivity index (χ4v) is 1.62. The molecule has 13 heavy (non-hydrogen) atoms. The van der Waals surface area contributed by atoms with Crippen molar-refractivity contribution in [2.75, 3.05) is 0 Å². The highest BCUT2D eigenvalue weighted by molar-refractivity contribution is 9.09. The second-order valence-corrected chi connectivity index (χ2v) is 3.55. The van der Waals surface area contributed by atoms with E-state index in [0.29, 0.717) is 5.56 Å². The highest BCUT2D eigenvalue weighted by Crippen LogP contribution is 2.47. The van der Waals surface area contributed by atoms with Crippen molar-refractivity contribution in [3.63, 3.8) is 0 Å². The van der Waals surface area contributed by atoms with Crippen molar-refractivity contribution in [1.29, 1.82) is 0 Å². The molecule has 0 saturated heterocycles. The number of hydrogen-bond acceptors (Lipinski definition) is 4. The fraction of sp³-hybridized carbons (Fsp3) is 0.125. The van der Waals surface area contributed by atoms with Gasteiger partial charge in [0, 0.05) is 5.56 Å². The molecule has 1 aromatic rings. The minimum Gasteiger partial charge on any atom is -0.504 e. The number of carbonyl (C=O) groups excluding carboxylic acids is 1. The van der Waals surface area contributed by atoms with Crippen molar-refractivity contribution in [2.24, 2.45) is 0 Å². The Bertz CT molecular complexity index is 388. The number of phenols is 2. The third kappa shape index (κ3) is 1.07.